The van der Waals surface area contributed by atoms with E-state index in [2.05, 4.69) is 15.0 Å². The van der Waals surface area contributed by atoms with Crippen LogP contribution in [0.4, 0.5) is 5.69 Å². The van der Waals surface area contributed by atoms with Crippen molar-refractivity contribution in [2.45, 2.75) is 12.3 Å². The molecule has 2 aliphatic heterocycles. The molecule has 1 unspecified atom stereocenters. The van der Waals surface area contributed by atoms with Crippen molar-refractivity contribution in [2.24, 2.45) is 0 Å². The maximum atomic E-state index is 11.7. The molecule has 2 fully saturated rings. The molecule has 1 atom stereocenters. The summed E-state index contributed by atoms with van der Waals surface area (Å²) in [6.07, 6.45) is 0.907. The van der Waals surface area contributed by atoms with Crippen LogP contribution in [-0.4, -0.2) is 56.4 Å². The molecule has 2 aromatic rings. The molecule has 0 aliphatic carbocycles. The largest absolute Gasteiger partial charge is 0.381 e. The topological polar surface area (TPSA) is 85.5 Å². The van der Waals surface area contributed by atoms with Gasteiger partial charge in [-0.2, -0.15) is 4.98 Å². The second-order valence-corrected chi connectivity index (χ2v) is 8.48. The van der Waals surface area contributed by atoms with Crippen molar-refractivity contribution in [3.8, 4) is 11.5 Å². The van der Waals surface area contributed by atoms with Gasteiger partial charge in [0.2, 0.25) is 0 Å². The summed E-state index contributed by atoms with van der Waals surface area (Å²) >= 11 is 0. The maximum Gasteiger partial charge on any atom is 0.260 e. The van der Waals surface area contributed by atoms with Gasteiger partial charge in [-0.3, -0.25) is 0 Å². The minimum atomic E-state index is -2.92. The summed E-state index contributed by atoms with van der Waals surface area (Å²) in [7, 11) is -2.92. The average Bonchev–Trinajstić information content (AvgIpc) is 3.26. The molecule has 7 nitrogen and oxygen atoms in total. The SMILES string of the molecule is O=S1(=O)CCN(c2ccccc2-c2nc(C3CCOC3)no2)CC1. The zero-order chi connectivity index (χ0) is 16.6. The van der Waals surface area contributed by atoms with E-state index in [1.807, 2.05) is 24.3 Å². The first-order valence-electron chi connectivity index (χ1n) is 8.08. The summed E-state index contributed by atoms with van der Waals surface area (Å²) in [5.41, 5.74) is 1.78. The van der Waals surface area contributed by atoms with Crippen LogP contribution >= 0.6 is 0 Å². The smallest absolute Gasteiger partial charge is 0.260 e. The Morgan fingerprint density at radius 1 is 1.17 bits per heavy atom. The number of benzene rings is 1. The number of hydrogen-bond donors (Lipinski definition) is 0. The maximum absolute atomic E-state index is 11.7. The number of aromatic nitrogens is 2. The van der Waals surface area contributed by atoms with Crippen LogP contribution in [0.15, 0.2) is 28.8 Å². The standard InChI is InChI=1S/C16H19N3O4S/c20-24(21)9-6-19(7-10-24)14-4-2-1-3-13(14)16-17-15(18-23-16)12-5-8-22-11-12/h1-4,12H,5-11H2. The molecule has 0 amide bonds. The van der Waals surface area contributed by atoms with Gasteiger partial charge in [-0.15, -0.1) is 0 Å². The first-order valence-corrected chi connectivity index (χ1v) is 9.91. The molecular weight excluding hydrogens is 330 g/mol. The zero-order valence-electron chi connectivity index (χ0n) is 13.2. The van der Waals surface area contributed by atoms with Crippen molar-refractivity contribution in [3.63, 3.8) is 0 Å². The highest BCUT2D eigenvalue weighted by Gasteiger charge is 2.27. The van der Waals surface area contributed by atoms with Crippen molar-refractivity contribution in [2.75, 3.05) is 42.7 Å². The lowest BCUT2D eigenvalue weighted by Gasteiger charge is -2.29. The fourth-order valence-corrected chi connectivity index (χ4v) is 4.33. The second kappa shape index (κ2) is 6.18. The molecule has 0 radical (unpaired) electrons. The molecule has 1 aromatic heterocycles. The van der Waals surface area contributed by atoms with Gasteiger partial charge in [-0.25, -0.2) is 8.42 Å². The fourth-order valence-electron chi connectivity index (χ4n) is 3.13. The molecule has 0 spiro atoms. The summed E-state index contributed by atoms with van der Waals surface area (Å²) < 4.78 is 34.2. The van der Waals surface area contributed by atoms with E-state index < -0.39 is 9.84 Å². The lowest BCUT2D eigenvalue weighted by atomic mass is 10.1. The Bertz CT molecular complexity index is 813. The monoisotopic (exact) mass is 349 g/mol. The Morgan fingerprint density at radius 3 is 2.71 bits per heavy atom. The predicted octanol–water partition coefficient (Wildman–Crippen LogP) is 1.48. The third-order valence-electron chi connectivity index (χ3n) is 4.56. The van der Waals surface area contributed by atoms with Crippen molar-refractivity contribution in [1.82, 2.24) is 10.1 Å². The Labute approximate surface area is 140 Å². The highest BCUT2D eigenvalue weighted by atomic mass is 32.2. The van der Waals surface area contributed by atoms with E-state index in [-0.39, 0.29) is 17.4 Å². The van der Waals surface area contributed by atoms with Gasteiger partial charge < -0.3 is 14.2 Å². The fraction of sp³-hybridized carbons (Fsp3) is 0.500. The van der Waals surface area contributed by atoms with Gasteiger partial charge >= 0.3 is 0 Å². The quantitative estimate of drug-likeness (QED) is 0.829. The third kappa shape index (κ3) is 3.03. The molecule has 0 N–H and O–H groups in total. The number of ether oxygens (including phenoxy) is 1. The molecule has 4 rings (SSSR count). The van der Waals surface area contributed by atoms with E-state index in [0.29, 0.717) is 31.4 Å². The number of para-hydroxylation sites is 1. The number of nitrogens with zero attached hydrogens (tertiary/aromatic N) is 3. The van der Waals surface area contributed by atoms with Gasteiger partial charge in [0.15, 0.2) is 15.7 Å². The van der Waals surface area contributed by atoms with Crippen LogP contribution in [0.1, 0.15) is 18.2 Å². The van der Waals surface area contributed by atoms with Crippen LogP contribution in [0, 0.1) is 0 Å². The average molecular weight is 349 g/mol. The van der Waals surface area contributed by atoms with Crippen LogP contribution < -0.4 is 4.90 Å². The van der Waals surface area contributed by atoms with E-state index in [4.69, 9.17) is 9.26 Å². The lowest BCUT2D eigenvalue weighted by Crippen LogP contribution is -2.40. The van der Waals surface area contributed by atoms with Crippen molar-refractivity contribution in [1.29, 1.82) is 0 Å². The van der Waals surface area contributed by atoms with Crippen LogP contribution in [-0.2, 0) is 14.6 Å². The second-order valence-electron chi connectivity index (χ2n) is 6.17. The summed E-state index contributed by atoms with van der Waals surface area (Å²) in [4.78, 5) is 6.61. The summed E-state index contributed by atoms with van der Waals surface area (Å²) in [6.45, 7) is 2.32. The van der Waals surface area contributed by atoms with Crippen molar-refractivity contribution >= 4 is 15.5 Å². The predicted molar refractivity (Wildman–Crippen MR) is 88.8 cm³/mol. The summed E-state index contributed by atoms with van der Waals surface area (Å²) in [6, 6.07) is 7.75. The number of anilines is 1. The summed E-state index contributed by atoms with van der Waals surface area (Å²) in [5.74, 6) is 1.69. The highest BCUT2D eigenvalue weighted by Crippen LogP contribution is 2.32. The normalized spacial score (nSPS) is 23.5. The van der Waals surface area contributed by atoms with E-state index in [1.165, 1.54) is 0 Å². The molecular formula is C16H19N3O4S. The van der Waals surface area contributed by atoms with Crippen LogP contribution in [0.3, 0.4) is 0 Å². The third-order valence-corrected chi connectivity index (χ3v) is 6.17. The van der Waals surface area contributed by atoms with Gasteiger partial charge in [-0.1, -0.05) is 17.3 Å². The number of rotatable bonds is 3. The molecule has 8 heteroatoms. The van der Waals surface area contributed by atoms with Crippen molar-refractivity contribution in [3.05, 3.63) is 30.1 Å². The molecule has 3 heterocycles. The van der Waals surface area contributed by atoms with Crippen LogP contribution in [0.2, 0.25) is 0 Å². The van der Waals surface area contributed by atoms with E-state index in [1.54, 1.807) is 0 Å². The zero-order valence-corrected chi connectivity index (χ0v) is 14.0. The molecule has 2 saturated heterocycles. The molecule has 24 heavy (non-hydrogen) atoms. The van der Waals surface area contributed by atoms with Crippen molar-refractivity contribution < 1.29 is 17.7 Å². The van der Waals surface area contributed by atoms with Gasteiger partial charge in [-0.05, 0) is 18.6 Å². The first-order chi connectivity index (χ1) is 11.6. The number of hydrogen-bond acceptors (Lipinski definition) is 7. The minimum absolute atomic E-state index is 0.176. The number of sulfone groups is 1. The first kappa shape index (κ1) is 15.6. The van der Waals surface area contributed by atoms with Gasteiger partial charge in [0.1, 0.15) is 0 Å². The van der Waals surface area contributed by atoms with Gasteiger partial charge in [0.05, 0.1) is 23.7 Å². The van der Waals surface area contributed by atoms with E-state index >= 15 is 0 Å². The molecule has 2 aliphatic rings. The molecule has 0 bridgehead atoms. The molecule has 0 saturated carbocycles. The van der Waals surface area contributed by atoms with Crippen LogP contribution in [0.5, 0.6) is 0 Å². The molecule has 1 aromatic carbocycles. The van der Waals surface area contributed by atoms with Gasteiger partial charge in [0.25, 0.3) is 5.89 Å². The van der Waals surface area contributed by atoms with Crippen LogP contribution in [0.25, 0.3) is 11.5 Å². The minimum Gasteiger partial charge on any atom is -0.381 e. The summed E-state index contributed by atoms with van der Waals surface area (Å²) in [5, 5.41) is 4.10. The Hall–Kier alpha value is -1.93. The van der Waals surface area contributed by atoms with E-state index in [0.717, 1.165) is 24.3 Å². The Balaban J connectivity index is 1.62. The van der Waals surface area contributed by atoms with E-state index in [9.17, 15) is 8.42 Å². The Morgan fingerprint density at radius 2 is 1.96 bits per heavy atom. The highest BCUT2D eigenvalue weighted by molar-refractivity contribution is 7.91. The van der Waals surface area contributed by atoms with Gasteiger partial charge in [0, 0.05) is 31.3 Å². The lowest BCUT2D eigenvalue weighted by molar-refractivity contribution is 0.192. The Kier molecular flexibility index (Phi) is 4.01. The molecule has 128 valence electrons.